The zero-order valence-electron chi connectivity index (χ0n) is 11.1. The van der Waals surface area contributed by atoms with Crippen molar-refractivity contribution in [2.24, 2.45) is 17.6 Å². The molecule has 0 spiro atoms. The third kappa shape index (κ3) is 1.99. The second-order valence-corrected chi connectivity index (χ2v) is 6.41. The van der Waals surface area contributed by atoms with Crippen molar-refractivity contribution in [1.29, 1.82) is 0 Å². The lowest BCUT2D eigenvalue weighted by Crippen LogP contribution is -2.37. The van der Waals surface area contributed by atoms with Crippen LogP contribution in [0, 0.1) is 11.8 Å². The van der Waals surface area contributed by atoms with E-state index in [2.05, 4.69) is 10.1 Å². The summed E-state index contributed by atoms with van der Waals surface area (Å²) in [6, 6.07) is 0.0853. The molecule has 2 heterocycles. The Kier molecular flexibility index (Phi) is 2.84. The highest BCUT2D eigenvalue weighted by molar-refractivity contribution is 5.08. The number of hydrogen-bond donors (Lipinski definition) is 1. The molecule has 2 N–H and O–H groups in total. The first kappa shape index (κ1) is 11.9. The van der Waals surface area contributed by atoms with Crippen LogP contribution in [0.25, 0.3) is 0 Å². The maximum absolute atomic E-state index is 6.13. The number of aromatic nitrogens is 2. The summed E-state index contributed by atoms with van der Waals surface area (Å²) in [5.41, 5.74) is 6.13. The van der Waals surface area contributed by atoms with Crippen molar-refractivity contribution in [3.63, 3.8) is 0 Å². The topological polar surface area (TPSA) is 74.2 Å². The number of rotatable bonds is 2. The second-order valence-electron chi connectivity index (χ2n) is 6.41. The molecule has 1 aromatic heterocycles. The summed E-state index contributed by atoms with van der Waals surface area (Å²) >= 11 is 0. The van der Waals surface area contributed by atoms with Gasteiger partial charge in [0.1, 0.15) is 0 Å². The van der Waals surface area contributed by atoms with Gasteiger partial charge in [-0.25, -0.2) is 0 Å². The summed E-state index contributed by atoms with van der Waals surface area (Å²) in [6.45, 7) is 1.35. The molecule has 104 valence electrons. The average Bonchev–Trinajstić information content (AvgIpc) is 3.15. The van der Waals surface area contributed by atoms with Crippen molar-refractivity contribution >= 4 is 0 Å². The predicted molar refractivity (Wildman–Crippen MR) is 68.6 cm³/mol. The Balaban J connectivity index is 1.53. The van der Waals surface area contributed by atoms with Gasteiger partial charge < -0.3 is 15.0 Å². The van der Waals surface area contributed by atoms with Crippen LogP contribution in [0.3, 0.4) is 0 Å². The van der Waals surface area contributed by atoms with Gasteiger partial charge >= 0.3 is 0 Å². The van der Waals surface area contributed by atoms with Crippen LogP contribution in [0.5, 0.6) is 0 Å². The Hall–Kier alpha value is -0.940. The highest BCUT2D eigenvalue weighted by Gasteiger charge is 2.42. The molecule has 4 rings (SSSR count). The molecule has 0 radical (unpaired) electrons. The summed E-state index contributed by atoms with van der Waals surface area (Å²) in [6.07, 6.45) is 6.21. The van der Waals surface area contributed by atoms with Gasteiger partial charge in [0, 0.05) is 18.6 Å². The summed E-state index contributed by atoms with van der Waals surface area (Å²) in [5.74, 6) is 3.89. The van der Waals surface area contributed by atoms with Gasteiger partial charge in [-0.2, -0.15) is 4.98 Å². The first-order valence-corrected chi connectivity index (χ1v) is 7.48. The Morgan fingerprint density at radius 2 is 2.05 bits per heavy atom. The molecular weight excluding hydrogens is 242 g/mol. The highest BCUT2D eigenvalue weighted by Crippen LogP contribution is 2.52. The largest absolute Gasteiger partial charge is 0.381 e. The minimum Gasteiger partial charge on any atom is -0.381 e. The van der Waals surface area contributed by atoms with E-state index in [1.54, 1.807) is 0 Å². The van der Waals surface area contributed by atoms with Crippen molar-refractivity contribution in [3.05, 3.63) is 11.7 Å². The van der Waals surface area contributed by atoms with Crippen molar-refractivity contribution in [1.82, 2.24) is 10.1 Å². The second kappa shape index (κ2) is 4.56. The Labute approximate surface area is 112 Å². The molecule has 2 saturated carbocycles. The standard InChI is InChI=1S/C14H21N3O2/c15-12-3-4-18-7-11(12)14-16-13(17-19-14)10-6-8-1-2-9(10)5-8/h8-12H,1-7,15H2. The maximum atomic E-state index is 6.13. The van der Waals surface area contributed by atoms with Gasteiger partial charge in [0.15, 0.2) is 5.82 Å². The fraction of sp³-hybridized carbons (Fsp3) is 0.857. The van der Waals surface area contributed by atoms with E-state index in [1.165, 1.54) is 25.7 Å². The predicted octanol–water partition coefficient (Wildman–Crippen LogP) is 1.80. The van der Waals surface area contributed by atoms with Crippen LogP contribution in [0.1, 0.15) is 55.7 Å². The third-order valence-corrected chi connectivity index (χ3v) is 5.25. The monoisotopic (exact) mass is 263 g/mol. The summed E-state index contributed by atoms with van der Waals surface area (Å²) in [5, 5.41) is 4.23. The van der Waals surface area contributed by atoms with E-state index in [1.807, 2.05) is 0 Å². The molecule has 1 aromatic rings. The van der Waals surface area contributed by atoms with E-state index in [0.717, 1.165) is 30.7 Å². The SMILES string of the molecule is NC1CCOCC1c1nc(C2CC3CCC2C3)no1. The molecule has 3 fully saturated rings. The maximum Gasteiger partial charge on any atom is 0.233 e. The Morgan fingerprint density at radius 3 is 2.79 bits per heavy atom. The third-order valence-electron chi connectivity index (χ3n) is 5.25. The Bertz CT molecular complexity index is 445. The zero-order valence-corrected chi connectivity index (χ0v) is 11.1. The van der Waals surface area contributed by atoms with Crippen molar-refractivity contribution in [2.75, 3.05) is 13.2 Å². The van der Waals surface area contributed by atoms with Gasteiger partial charge in [-0.3, -0.25) is 0 Å². The molecule has 0 aromatic carbocycles. The minimum absolute atomic E-state index is 0.0774. The number of nitrogens with zero attached hydrogens (tertiary/aromatic N) is 2. The quantitative estimate of drug-likeness (QED) is 0.880. The van der Waals surface area contributed by atoms with Crippen LogP contribution in [-0.2, 0) is 4.74 Å². The molecule has 1 saturated heterocycles. The van der Waals surface area contributed by atoms with E-state index in [4.69, 9.17) is 15.0 Å². The first-order valence-electron chi connectivity index (χ1n) is 7.48. The van der Waals surface area contributed by atoms with E-state index in [9.17, 15) is 0 Å². The normalized spacial score (nSPS) is 41.8. The van der Waals surface area contributed by atoms with Crippen LogP contribution in [-0.4, -0.2) is 29.4 Å². The number of nitrogens with two attached hydrogens (primary N) is 1. The lowest BCUT2D eigenvalue weighted by atomic mass is 9.88. The minimum atomic E-state index is 0.0774. The number of hydrogen-bond acceptors (Lipinski definition) is 5. The molecule has 3 aliphatic rings. The molecule has 5 nitrogen and oxygen atoms in total. The molecule has 5 unspecified atom stereocenters. The van der Waals surface area contributed by atoms with E-state index in [0.29, 0.717) is 18.4 Å². The van der Waals surface area contributed by atoms with Gasteiger partial charge in [0.2, 0.25) is 5.89 Å². The molecular formula is C14H21N3O2. The van der Waals surface area contributed by atoms with Crippen LogP contribution in [0.4, 0.5) is 0 Å². The van der Waals surface area contributed by atoms with Crippen LogP contribution >= 0.6 is 0 Å². The van der Waals surface area contributed by atoms with E-state index >= 15 is 0 Å². The number of ether oxygens (including phenoxy) is 1. The van der Waals surface area contributed by atoms with E-state index < -0.39 is 0 Å². The highest BCUT2D eigenvalue weighted by atomic mass is 16.5. The lowest BCUT2D eigenvalue weighted by molar-refractivity contribution is 0.0590. The van der Waals surface area contributed by atoms with Crippen molar-refractivity contribution in [3.8, 4) is 0 Å². The zero-order chi connectivity index (χ0) is 12.8. The summed E-state index contributed by atoms with van der Waals surface area (Å²) < 4.78 is 11.0. The molecule has 1 aliphatic heterocycles. The Morgan fingerprint density at radius 1 is 1.11 bits per heavy atom. The summed E-state index contributed by atoms with van der Waals surface area (Å²) in [4.78, 5) is 4.65. The van der Waals surface area contributed by atoms with E-state index in [-0.39, 0.29) is 12.0 Å². The van der Waals surface area contributed by atoms with Crippen LogP contribution < -0.4 is 5.73 Å². The first-order chi connectivity index (χ1) is 9.31. The van der Waals surface area contributed by atoms with Gasteiger partial charge in [0.05, 0.1) is 12.5 Å². The molecule has 0 amide bonds. The van der Waals surface area contributed by atoms with Gasteiger partial charge in [-0.05, 0) is 37.5 Å². The summed E-state index contributed by atoms with van der Waals surface area (Å²) in [7, 11) is 0. The van der Waals surface area contributed by atoms with Crippen LogP contribution in [0.15, 0.2) is 4.52 Å². The van der Waals surface area contributed by atoms with Crippen molar-refractivity contribution in [2.45, 2.75) is 50.0 Å². The molecule has 5 atom stereocenters. The lowest BCUT2D eigenvalue weighted by Gasteiger charge is -2.25. The van der Waals surface area contributed by atoms with Crippen molar-refractivity contribution < 1.29 is 9.26 Å². The van der Waals surface area contributed by atoms with Gasteiger partial charge in [0.25, 0.3) is 0 Å². The molecule has 2 aliphatic carbocycles. The number of fused-ring (bicyclic) bond motifs is 2. The smallest absolute Gasteiger partial charge is 0.233 e. The molecule has 2 bridgehead atoms. The average molecular weight is 263 g/mol. The fourth-order valence-electron chi connectivity index (χ4n) is 4.12. The van der Waals surface area contributed by atoms with Crippen LogP contribution in [0.2, 0.25) is 0 Å². The van der Waals surface area contributed by atoms with Gasteiger partial charge in [-0.1, -0.05) is 11.6 Å². The fourth-order valence-corrected chi connectivity index (χ4v) is 4.12. The van der Waals surface area contributed by atoms with Gasteiger partial charge in [-0.15, -0.1) is 0 Å². The molecule has 5 heteroatoms. The molecule has 19 heavy (non-hydrogen) atoms.